The Morgan fingerprint density at radius 1 is 0.762 bits per heavy atom. The molecule has 0 aliphatic heterocycles. The van der Waals surface area contributed by atoms with E-state index < -0.39 is 0 Å². The van der Waals surface area contributed by atoms with Gasteiger partial charge in [0, 0.05) is 22.5 Å². The summed E-state index contributed by atoms with van der Waals surface area (Å²) < 4.78 is 0. The molecule has 0 unspecified atom stereocenters. The molecule has 0 radical (unpaired) electrons. The summed E-state index contributed by atoms with van der Waals surface area (Å²) >= 11 is 0. The van der Waals surface area contributed by atoms with Crippen LogP contribution in [0.15, 0.2) is 66.9 Å². The molecule has 0 aliphatic rings. The molecular formula is C19H14N2. The van der Waals surface area contributed by atoms with Gasteiger partial charge in [0.1, 0.15) is 0 Å². The van der Waals surface area contributed by atoms with Crippen molar-refractivity contribution in [3.8, 4) is 11.4 Å². The molecule has 0 fully saturated rings. The van der Waals surface area contributed by atoms with Crippen molar-refractivity contribution in [3.05, 3.63) is 72.4 Å². The monoisotopic (exact) mass is 270 g/mol. The molecule has 1 heterocycles. The summed E-state index contributed by atoms with van der Waals surface area (Å²) in [5, 5.41) is 3.45. The van der Waals surface area contributed by atoms with E-state index in [-0.39, 0.29) is 0 Å². The van der Waals surface area contributed by atoms with Crippen molar-refractivity contribution in [3.63, 3.8) is 0 Å². The van der Waals surface area contributed by atoms with E-state index in [4.69, 9.17) is 4.98 Å². The largest absolute Gasteiger partial charge is 0.236 e. The molecule has 1 aromatic heterocycles. The first-order chi connectivity index (χ1) is 10.3. The standard InChI is InChI=1S/C19H14N2/c1-13-6-8-15(9-7-13)19-20-12-16-11-10-14-4-2-3-5-17(14)18(16)21-19/h2-12H,1H3. The number of aryl methyl sites for hydroxylation is 1. The molecule has 0 aliphatic carbocycles. The van der Waals surface area contributed by atoms with Gasteiger partial charge in [-0.3, -0.25) is 0 Å². The maximum atomic E-state index is 4.79. The second-order valence-electron chi connectivity index (χ2n) is 5.28. The van der Waals surface area contributed by atoms with Gasteiger partial charge < -0.3 is 0 Å². The van der Waals surface area contributed by atoms with E-state index in [1.54, 1.807) is 0 Å². The lowest BCUT2D eigenvalue weighted by molar-refractivity contribution is 1.23. The fraction of sp³-hybridized carbons (Fsp3) is 0.0526. The number of hydrogen-bond donors (Lipinski definition) is 0. The van der Waals surface area contributed by atoms with Crippen LogP contribution in [0.2, 0.25) is 0 Å². The van der Waals surface area contributed by atoms with E-state index in [1.165, 1.54) is 16.3 Å². The Kier molecular flexibility index (Phi) is 2.68. The molecule has 21 heavy (non-hydrogen) atoms. The number of hydrogen-bond acceptors (Lipinski definition) is 2. The summed E-state index contributed by atoms with van der Waals surface area (Å²) in [6.07, 6.45) is 1.91. The van der Waals surface area contributed by atoms with Crippen LogP contribution >= 0.6 is 0 Å². The predicted octanol–water partition coefficient (Wildman–Crippen LogP) is 4.76. The van der Waals surface area contributed by atoms with E-state index in [1.807, 2.05) is 6.20 Å². The van der Waals surface area contributed by atoms with E-state index in [0.29, 0.717) is 0 Å². The fourth-order valence-electron chi connectivity index (χ4n) is 2.61. The van der Waals surface area contributed by atoms with Crippen LogP contribution in [0.25, 0.3) is 33.1 Å². The molecule has 0 spiro atoms. The number of aromatic nitrogens is 2. The van der Waals surface area contributed by atoms with Crippen LogP contribution in [-0.4, -0.2) is 9.97 Å². The van der Waals surface area contributed by atoms with Gasteiger partial charge in [-0.2, -0.15) is 0 Å². The number of fused-ring (bicyclic) bond motifs is 3. The SMILES string of the molecule is Cc1ccc(-c2ncc3ccc4ccccc4c3n2)cc1. The van der Waals surface area contributed by atoms with Crippen molar-refractivity contribution in [2.24, 2.45) is 0 Å². The quantitative estimate of drug-likeness (QED) is 0.466. The van der Waals surface area contributed by atoms with Gasteiger partial charge in [0.05, 0.1) is 5.52 Å². The maximum Gasteiger partial charge on any atom is 0.159 e. The highest BCUT2D eigenvalue weighted by atomic mass is 14.9. The highest BCUT2D eigenvalue weighted by molar-refractivity contribution is 6.05. The Balaban J connectivity index is 2.00. The molecule has 0 amide bonds. The first-order valence-corrected chi connectivity index (χ1v) is 7.03. The molecule has 3 aromatic carbocycles. The maximum absolute atomic E-state index is 4.79. The minimum Gasteiger partial charge on any atom is -0.236 e. The minimum absolute atomic E-state index is 0.777. The Labute approximate surface area is 123 Å². The molecule has 4 aromatic rings. The zero-order chi connectivity index (χ0) is 14.2. The molecule has 100 valence electrons. The lowest BCUT2D eigenvalue weighted by Gasteiger charge is -2.06. The van der Waals surface area contributed by atoms with Gasteiger partial charge in [0.2, 0.25) is 0 Å². The third kappa shape index (κ3) is 2.05. The lowest BCUT2D eigenvalue weighted by atomic mass is 10.1. The number of benzene rings is 3. The van der Waals surface area contributed by atoms with E-state index in [9.17, 15) is 0 Å². The Bertz CT molecular complexity index is 940. The first kappa shape index (κ1) is 12.0. The zero-order valence-corrected chi connectivity index (χ0v) is 11.7. The molecule has 2 heteroatoms. The highest BCUT2D eigenvalue weighted by Crippen LogP contribution is 2.25. The highest BCUT2D eigenvalue weighted by Gasteiger charge is 2.06. The molecule has 0 saturated heterocycles. The number of rotatable bonds is 1. The first-order valence-electron chi connectivity index (χ1n) is 7.03. The zero-order valence-electron chi connectivity index (χ0n) is 11.7. The third-order valence-electron chi connectivity index (χ3n) is 3.79. The van der Waals surface area contributed by atoms with Crippen LogP contribution in [0, 0.1) is 6.92 Å². The summed E-state index contributed by atoms with van der Waals surface area (Å²) in [5.74, 6) is 0.777. The average molecular weight is 270 g/mol. The average Bonchev–Trinajstić information content (AvgIpc) is 2.55. The van der Waals surface area contributed by atoms with E-state index in [0.717, 1.165) is 22.3 Å². The molecule has 0 atom stereocenters. The van der Waals surface area contributed by atoms with Gasteiger partial charge >= 0.3 is 0 Å². The van der Waals surface area contributed by atoms with Crippen molar-refractivity contribution in [2.45, 2.75) is 6.92 Å². The molecular weight excluding hydrogens is 256 g/mol. The molecule has 0 bridgehead atoms. The van der Waals surface area contributed by atoms with Crippen molar-refractivity contribution in [1.82, 2.24) is 9.97 Å². The van der Waals surface area contributed by atoms with Crippen molar-refractivity contribution < 1.29 is 0 Å². The van der Waals surface area contributed by atoms with Gasteiger partial charge in [-0.05, 0) is 12.3 Å². The van der Waals surface area contributed by atoms with Crippen molar-refractivity contribution in [1.29, 1.82) is 0 Å². The van der Waals surface area contributed by atoms with Gasteiger partial charge in [-0.25, -0.2) is 9.97 Å². The van der Waals surface area contributed by atoms with Crippen LogP contribution in [0.5, 0.6) is 0 Å². The van der Waals surface area contributed by atoms with Gasteiger partial charge in [0.25, 0.3) is 0 Å². The van der Waals surface area contributed by atoms with Gasteiger partial charge in [-0.1, -0.05) is 66.2 Å². The summed E-state index contributed by atoms with van der Waals surface area (Å²) in [6.45, 7) is 2.08. The predicted molar refractivity (Wildman–Crippen MR) is 87.2 cm³/mol. The van der Waals surface area contributed by atoms with Gasteiger partial charge in [0.15, 0.2) is 5.82 Å². The number of nitrogens with zero attached hydrogens (tertiary/aromatic N) is 2. The molecule has 4 rings (SSSR count). The topological polar surface area (TPSA) is 25.8 Å². The van der Waals surface area contributed by atoms with Crippen LogP contribution in [0.1, 0.15) is 5.56 Å². The van der Waals surface area contributed by atoms with Crippen LogP contribution in [0.3, 0.4) is 0 Å². The normalized spacial score (nSPS) is 11.1. The molecule has 2 nitrogen and oxygen atoms in total. The second-order valence-corrected chi connectivity index (χ2v) is 5.28. The smallest absolute Gasteiger partial charge is 0.159 e. The molecule has 0 saturated carbocycles. The third-order valence-corrected chi connectivity index (χ3v) is 3.79. The van der Waals surface area contributed by atoms with E-state index in [2.05, 4.69) is 72.6 Å². The van der Waals surface area contributed by atoms with E-state index >= 15 is 0 Å². The van der Waals surface area contributed by atoms with Crippen LogP contribution in [-0.2, 0) is 0 Å². The summed E-state index contributed by atoms with van der Waals surface area (Å²) in [6, 6.07) is 20.8. The summed E-state index contributed by atoms with van der Waals surface area (Å²) in [4.78, 5) is 9.29. The Hall–Kier alpha value is -2.74. The van der Waals surface area contributed by atoms with Crippen LogP contribution in [0.4, 0.5) is 0 Å². The second kappa shape index (κ2) is 4.67. The fourth-order valence-corrected chi connectivity index (χ4v) is 2.61. The Morgan fingerprint density at radius 3 is 2.38 bits per heavy atom. The van der Waals surface area contributed by atoms with Crippen LogP contribution < -0.4 is 0 Å². The molecule has 0 N–H and O–H groups in total. The summed E-state index contributed by atoms with van der Waals surface area (Å²) in [7, 11) is 0. The minimum atomic E-state index is 0.777. The van der Waals surface area contributed by atoms with Gasteiger partial charge in [-0.15, -0.1) is 0 Å². The van der Waals surface area contributed by atoms with Crippen molar-refractivity contribution >= 4 is 21.7 Å². The summed E-state index contributed by atoms with van der Waals surface area (Å²) in [5.41, 5.74) is 3.30. The van der Waals surface area contributed by atoms with Crippen molar-refractivity contribution in [2.75, 3.05) is 0 Å². The lowest BCUT2D eigenvalue weighted by Crippen LogP contribution is -1.91. The Morgan fingerprint density at radius 2 is 1.52 bits per heavy atom.